The van der Waals surface area contributed by atoms with E-state index in [4.69, 9.17) is 16.6 Å². The van der Waals surface area contributed by atoms with Crippen LogP contribution in [0.2, 0.25) is 5.02 Å². The number of halogens is 1. The van der Waals surface area contributed by atoms with Crippen LogP contribution < -0.4 is 10.9 Å². The van der Waals surface area contributed by atoms with Gasteiger partial charge < -0.3 is 5.32 Å². The summed E-state index contributed by atoms with van der Waals surface area (Å²) in [5.74, 6) is 0.453. The number of nitrogens with one attached hydrogen (secondary N) is 1. The van der Waals surface area contributed by atoms with Crippen molar-refractivity contribution in [2.24, 2.45) is 0 Å². The van der Waals surface area contributed by atoms with Gasteiger partial charge in [0, 0.05) is 52.9 Å². The number of rotatable bonds is 5. The molecule has 10 heteroatoms. The number of hydrogen-bond acceptors (Lipinski definition) is 6. The Bertz CT molecular complexity index is 1350. The second kappa shape index (κ2) is 8.13. The zero-order valence-electron chi connectivity index (χ0n) is 17.7. The van der Waals surface area contributed by atoms with Crippen LogP contribution in [0.25, 0.3) is 22.2 Å². The number of pyridine rings is 1. The van der Waals surface area contributed by atoms with Gasteiger partial charge in [0.25, 0.3) is 5.56 Å². The Kier molecular flexibility index (Phi) is 5.43. The molecule has 1 aromatic carbocycles. The molecule has 5 rings (SSSR count). The largest absolute Gasteiger partial charge is 0.351 e. The predicted octanol–water partition coefficient (Wildman–Crippen LogP) is 3.28. The minimum atomic E-state index is -3.17. The molecule has 2 aliphatic rings. The Hall–Kier alpha value is -2.49. The van der Waals surface area contributed by atoms with Crippen molar-refractivity contribution in [3.63, 3.8) is 0 Å². The van der Waals surface area contributed by atoms with Gasteiger partial charge in [0.05, 0.1) is 6.26 Å². The summed E-state index contributed by atoms with van der Waals surface area (Å²) in [7, 11) is -3.17. The molecular formula is C22H24ClN5O3S. The van der Waals surface area contributed by atoms with Crippen LogP contribution in [0.3, 0.4) is 0 Å². The van der Waals surface area contributed by atoms with E-state index >= 15 is 0 Å². The van der Waals surface area contributed by atoms with Crippen LogP contribution in [-0.2, 0) is 10.0 Å². The summed E-state index contributed by atoms with van der Waals surface area (Å²) >= 11 is 6.37. The van der Waals surface area contributed by atoms with Crippen molar-refractivity contribution in [3.05, 3.63) is 51.9 Å². The zero-order chi connectivity index (χ0) is 22.5. The van der Waals surface area contributed by atoms with Crippen molar-refractivity contribution in [1.82, 2.24) is 18.8 Å². The SMILES string of the molecule is CS(=O)(=O)N1CCC(Nc2ncc3cc(-c4ccccc4Cl)c(=O)n(C4CC4)c3n2)CC1. The Morgan fingerprint density at radius 1 is 1.09 bits per heavy atom. The van der Waals surface area contributed by atoms with E-state index in [9.17, 15) is 13.2 Å². The molecule has 3 aromatic rings. The fourth-order valence-corrected chi connectivity index (χ4v) is 5.36. The Morgan fingerprint density at radius 2 is 1.81 bits per heavy atom. The highest BCUT2D eigenvalue weighted by atomic mass is 35.5. The van der Waals surface area contributed by atoms with Gasteiger partial charge in [-0.3, -0.25) is 9.36 Å². The third kappa shape index (κ3) is 4.12. The van der Waals surface area contributed by atoms with E-state index in [1.165, 1.54) is 10.6 Å². The first-order chi connectivity index (χ1) is 15.3. The van der Waals surface area contributed by atoms with Gasteiger partial charge in [0.2, 0.25) is 16.0 Å². The fraction of sp³-hybridized carbons (Fsp3) is 0.409. The van der Waals surface area contributed by atoms with Crippen molar-refractivity contribution < 1.29 is 8.42 Å². The van der Waals surface area contributed by atoms with Crippen molar-refractivity contribution in [1.29, 1.82) is 0 Å². The average Bonchev–Trinajstić information content (AvgIpc) is 3.59. The van der Waals surface area contributed by atoms with E-state index in [1.54, 1.807) is 16.8 Å². The molecule has 1 saturated carbocycles. The molecule has 2 aromatic heterocycles. The highest BCUT2D eigenvalue weighted by Crippen LogP contribution is 2.37. The first-order valence-corrected chi connectivity index (χ1v) is 12.9. The van der Waals surface area contributed by atoms with Crippen LogP contribution in [0, 0.1) is 0 Å². The molecule has 0 unspecified atom stereocenters. The number of fused-ring (bicyclic) bond motifs is 1. The van der Waals surface area contributed by atoms with E-state index in [2.05, 4.69) is 10.3 Å². The fourth-order valence-electron chi connectivity index (χ4n) is 4.25. The van der Waals surface area contributed by atoms with Crippen molar-refractivity contribution in [3.8, 4) is 11.1 Å². The smallest absolute Gasteiger partial charge is 0.260 e. The number of hydrogen-bond donors (Lipinski definition) is 1. The molecular weight excluding hydrogens is 450 g/mol. The summed E-state index contributed by atoms with van der Waals surface area (Å²) < 4.78 is 26.7. The van der Waals surface area contributed by atoms with Crippen molar-refractivity contribution in [2.75, 3.05) is 24.7 Å². The molecule has 1 saturated heterocycles. The van der Waals surface area contributed by atoms with E-state index < -0.39 is 10.0 Å². The first-order valence-electron chi connectivity index (χ1n) is 10.7. The van der Waals surface area contributed by atoms with Gasteiger partial charge in [-0.1, -0.05) is 29.8 Å². The summed E-state index contributed by atoms with van der Waals surface area (Å²) in [4.78, 5) is 22.6. The van der Waals surface area contributed by atoms with Crippen LogP contribution in [0.15, 0.2) is 41.3 Å². The standard InChI is InChI=1S/C22H24ClN5O3S/c1-32(30,31)27-10-8-15(9-11-27)25-22-24-13-14-12-18(17-4-2-3-5-19(17)23)21(29)28(16-6-7-16)20(14)26-22/h2-5,12-13,15-16H,6-11H2,1H3,(H,24,25,26). The second-order valence-corrected chi connectivity index (χ2v) is 10.9. The van der Waals surface area contributed by atoms with Crippen molar-refractivity contribution >= 4 is 38.6 Å². The maximum absolute atomic E-state index is 13.4. The third-order valence-electron chi connectivity index (χ3n) is 6.11. The normalized spacial score (nSPS) is 18.2. The average molecular weight is 474 g/mol. The number of piperidine rings is 1. The molecule has 8 nitrogen and oxygen atoms in total. The zero-order valence-corrected chi connectivity index (χ0v) is 19.2. The van der Waals surface area contributed by atoms with Crippen LogP contribution in [-0.4, -0.2) is 52.6 Å². The molecule has 1 N–H and O–H groups in total. The molecule has 32 heavy (non-hydrogen) atoms. The van der Waals surface area contributed by atoms with Gasteiger partial charge in [0.1, 0.15) is 5.65 Å². The Balaban J connectivity index is 1.48. The number of sulfonamides is 1. The highest BCUT2D eigenvalue weighted by molar-refractivity contribution is 7.88. The molecule has 0 bridgehead atoms. The second-order valence-electron chi connectivity index (χ2n) is 8.50. The van der Waals surface area contributed by atoms with Crippen LogP contribution in [0.5, 0.6) is 0 Å². The summed E-state index contributed by atoms with van der Waals surface area (Å²) in [6, 6.07) is 9.36. The lowest BCUT2D eigenvalue weighted by Gasteiger charge is -2.30. The predicted molar refractivity (Wildman–Crippen MR) is 126 cm³/mol. The lowest BCUT2D eigenvalue weighted by atomic mass is 10.1. The van der Waals surface area contributed by atoms with Gasteiger partial charge in [-0.15, -0.1) is 0 Å². The number of benzene rings is 1. The van der Waals surface area contributed by atoms with E-state index in [0.29, 0.717) is 53.7 Å². The lowest BCUT2D eigenvalue weighted by Crippen LogP contribution is -2.42. The monoisotopic (exact) mass is 473 g/mol. The third-order valence-corrected chi connectivity index (χ3v) is 7.74. The van der Waals surface area contributed by atoms with Gasteiger partial charge in [-0.25, -0.2) is 17.7 Å². The molecule has 0 amide bonds. The maximum Gasteiger partial charge on any atom is 0.260 e. The van der Waals surface area contributed by atoms with Gasteiger partial charge >= 0.3 is 0 Å². The quantitative estimate of drug-likeness (QED) is 0.610. The Morgan fingerprint density at radius 3 is 2.47 bits per heavy atom. The lowest BCUT2D eigenvalue weighted by molar-refractivity contribution is 0.331. The van der Waals surface area contributed by atoms with Gasteiger partial charge in [0.15, 0.2) is 0 Å². The molecule has 1 aliphatic carbocycles. The summed E-state index contributed by atoms with van der Waals surface area (Å²) in [6.45, 7) is 0.941. The summed E-state index contributed by atoms with van der Waals surface area (Å²) in [6.07, 6.45) is 6.20. The van der Waals surface area contributed by atoms with E-state index in [0.717, 1.165) is 18.2 Å². The molecule has 2 fully saturated rings. The molecule has 0 radical (unpaired) electrons. The van der Waals surface area contributed by atoms with Crippen LogP contribution in [0.1, 0.15) is 31.7 Å². The van der Waals surface area contributed by atoms with Gasteiger partial charge in [-0.2, -0.15) is 4.98 Å². The Labute approximate surface area is 191 Å². The topological polar surface area (TPSA) is 97.2 Å². The molecule has 1 aliphatic heterocycles. The van der Waals surface area contributed by atoms with Crippen LogP contribution >= 0.6 is 11.6 Å². The number of anilines is 1. The minimum absolute atomic E-state index is 0.0777. The minimum Gasteiger partial charge on any atom is -0.351 e. The van der Waals surface area contributed by atoms with Crippen LogP contribution in [0.4, 0.5) is 5.95 Å². The van der Waals surface area contributed by atoms with Crippen molar-refractivity contribution in [2.45, 2.75) is 37.8 Å². The van der Waals surface area contributed by atoms with Gasteiger partial charge in [-0.05, 0) is 37.8 Å². The highest BCUT2D eigenvalue weighted by Gasteiger charge is 2.29. The number of aromatic nitrogens is 3. The summed E-state index contributed by atoms with van der Waals surface area (Å²) in [5, 5.41) is 4.64. The maximum atomic E-state index is 13.4. The number of nitrogens with zero attached hydrogens (tertiary/aromatic N) is 4. The molecule has 0 atom stereocenters. The molecule has 3 heterocycles. The van der Waals surface area contributed by atoms with E-state index in [1.807, 2.05) is 24.3 Å². The molecule has 168 valence electrons. The first kappa shape index (κ1) is 21.4. The summed E-state index contributed by atoms with van der Waals surface area (Å²) in [5.41, 5.74) is 1.77. The molecule has 0 spiro atoms. The van der Waals surface area contributed by atoms with E-state index in [-0.39, 0.29) is 17.6 Å².